The summed E-state index contributed by atoms with van der Waals surface area (Å²) in [6.07, 6.45) is 6.26. The van der Waals surface area contributed by atoms with Crippen LogP contribution in [0.2, 0.25) is 0 Å². The van der Waals surface area contributed by atoms with Gasteiger partial charge in [-0.25, -0.2) is 0 Å². The zero-order valence-electron chi connectivity index (χ0n) is 19.7. The van der Waals surface area contributed by atoms with Crippen molar-refractivity contribution in [2.45, 2.75) is 65.0 Å². The van der Waals surface area contributed by atoms with E-state index in [1.54, 1.807) is 14.2 Å². The Hall–Kier alpha value is -2.44. The summed E-state index contributed by atoms with van der Waals surface area (Å²) in [6.45, 7) is 5.64. The molecule has 2 atom stereocenters. The molecule has 6 heteroatoms. The SMILES string of the molecule is COc1cc(C)ccc1OC1CCCCO1.COc1cc(C)ccc1OC1CCCCO1. The Morgan fingerprint density at radius 1 is 0.625 bits per heavy atom. The predicted octanol–water partition coefficient (Wildman–Crippen LogP) is 5.82. The number of ether oxygens (including phenoxy) is 6. The Kier molecular flexibility index (Phi) is 9.50. The molecule has 176 valence electrons. The summed E-state index contributed by atoms with van der Waals surface area (Å²) in [5.41, 5.74) is 2.32. The van der Waals surface area contributed by atoms with Crippen LogP contribution in [0, 0.1) is 13.8 Å². The van der Waals surface area contributed by atoms with E-state index in [0.29, 0.717) is 0 Å². The van der Waals surface area contributed by atoms with E-state index >= 15 is 0 Å². The molecule has 0 bridgehead atoms. The lowest BCUT2D eigenvalue weighted by atomic mass is 10.2. The Morgan fingerprint density at radius 3 is 1.41 bits per heavy atom. The highest BCUT2D eigenvalue weighted by atomic mass is 16.7. The molecule has 2 unspecified atom stereocenters. The topological polar surface area (TPSA) is 55.4 Å². The first-order chi connectivity index (χ1) is 15.6. The van der Waals surface area contributed by atoms with Gasteiger partial charge in [-0.15, -0.1) is 0 Å². The lowest BCUT2D eigenvalue weighted by Crippen LogP contribution is -2.25. The van der Waals surface area contributed by atoms with Crippen LogP contribution < -0.4 is 18.9 Å². The second kappa shape index (κ2) is 12.6. The van der Waals surface area contributed by atoms with Crippen molar-refractivity contribution >= 4 is 0 Å². The summed E-state index contributed by atoms with van der Waals surface area (Å²) in [6, 6.07) is 11.8. The summed E-state index contributed by atoms with van der Waals surface area (Å²) < 4.78 is 33.2. The highest BCUT2D eigenvalue weighted by Gasteiger charge is 2.18. The maximum absolute atomic E-state index is 5.79. The molecule has 0 saturated carbocycles. The highest BCUT2D eigenvalue weighted by Crippen LogP contribution is 2.31. The average Bonchev–Trinajstić information content (AvgIpc) is 2.83. The number of rotatable bonds is 6. The molecule has 2 saturated heterocycles. The van der Waals surface area contributed by atoms with Crippen molar-refractivity contribution in [1.82, 2.24) is 0 Å². The molecule has 2 fully saturated rings. The molecule has 0 amide bonds. The van der Waals surface area contributed by atoms with Crippen LogP contribution in [-0.2, 0) is 9.47 Å². The van der Waals surface area contributed by atoms with Crippen LogP contribution in [0.1, 0.15) is 49.7 Å². The first-order valence-electron chi connectivity index (χ1n) is 11.4. The Labute approximate surface area is 191 Å². The van der Waals surface area contributed by atoms with Gasteiger partial charge in [0.15, 0.2) is 35.6 Å². The second-order valence-electron chi connectivity index (χ2n) is 8.14. The fraction of sp³-hybridized carbons (Fsp3) is 0.538. The lowest BCUT2D eigenvalue weighted by molar-refractivity contribution is -0.106. The molecule has 4 rings (SSSR count). The summed E-state index contributed by atoms with van der Waals surface area (Å²) in [5.74, 6) is 3.07. The molecule has 0 spiro atoms. The van der Waals surface area contributed by atoms with Crippen molar-refractivity contribution in [3.63, 3.8) is 0 Å². The molecule has 0 aromatic heterocycles. The lowest BCUT2D eigenvalue weighted by Gasteiger charge is -2.24. The van der Waals surface area contributed by atoms with Gasteiger partial charge in [0, 0.05) is 12.8 Å². The maximum atomic E-state index is 5.79. The third-order valence-electron chi connectivity index (χ3n) is 5.43. The van der Waals surface area contributed by atoms with Crippen LogP contribution in [0.3, 0.4) is 0 Å². The fourth-order valence-electron chi connectivity index (χ4n) is 3.64. The number of methoxy groups -OCH3 is 2. The Morgan fingerprint density at radius 2 is 1.06 bits per heavy atom. The molecule has 2 aliphatic heterocycles. The van der Waals surface area contributed by atoms with E-state index < -0.39 is 0 Å². The molecule has 2 heterocycles. The average molecular weight is 445 g/mol. The van der Waals surface area contributed by atoms with Crippen molar-refractivity contribution < 1.29 is 28.4 Å². The van der Waals surface area contributed by atoms with E-state index in [0.717, 1.165) is 73.0 Å². The molecular weight excluding hydrogens is 408 g/mol. The molecular formula is C26H36O6. The van der Waals surface area contributed by atoms with E-state index in [-0.39, 0.29) is 12.6 Å². The molecule has 0 aliphatic carbocycles. The van der Waals surface area contributed by atoms with Crippen LogP contribution in [-0.4, -0.2) is 40.0 Å². The number of benzene rings is 2. The van der Waals surface area contributed by atoms with Crippen LogP contribution in [0.15, 0.2) is 36.4 Å². The monoisotopic (exact) mass is 444 g/mol. The number of hydrogen-bond donors (Lipinski definition) is 0. The maximum Gasteiger partial charge on any atom is 0.200 e. The van der Waals surface area contributed by atoms with Crippen LogP contribution in [0.4, 0.5) is 0 Å². The van der Waals surface area contributed by atoms with E-state index in [9.17, 15) is 0 Å². The Balaban J connectivity index is 0.000000181. The third-order valence-corrected chi connectivity index (χ3v) is 5.43. The quantitative estimate of drug-likeness (QED) is 0.560. The smallest absolute Gasteiger partial charge is 0.200 e. The summed E-state index contributed by atoms with van der Waals surface area (Å²) in [4.78, 5) is 0. The van der Waals surface area contributed by atoms with Gasteiger partial charge in [-0.1, -0.05) is 12.1 Å². The van der Waals surface area contributed by atoms with E-state index in [1.165, 1.54) is 12.8 Å². The minimum absolute atomic E-state index is 0.120. The molecule has 0 radical (unpaired) electrons. The van der Waals surface area contributed by atoms with Gasteiger partial charge in [0.2, 0.25) is 0 Å². The summed E-state index contributed by atoms with van der Waals surface area (Å²) in [5, 5.41) is 0. The first kappa shape index (κ1) is 24.2. The van der Waals surface area contributed by atoms with Gasteiger partial charge < -0.3 is 28.4 Å². The van der Waals surface area contributed by atoms with Gasteiger partial charge in [-0.3, -0.25) is 0 Å². The fourth-order valence-corrected chi connectivity index (χ4v) is 3.64. The molecule has 2 aromatic rings. The molecule has 6 nitrogen and oxygen atoms in total. The van der Waals surface area contributed by atoms with Gasteiger partial charge in [-0.2, -0.15) is 0 Å². The highest BCUT2D eigenvalue weighted by molar-refractivity contribution is 5.43. The van der Waals surface area contributed by atoms with Crippen LogP contribution in [0.5, 0.6) is 23.0 Å². The molecule has 2 aliphatic rings. The van der Waals surface area contributed by atoms with Gasteiger partial charge in [0.05, 0.1) is 27.4 Å². The van der Waals surface area contributed by atoms with Crippen molar-refractivity contribution in [2.75, 3.05) is 27.4 Å². The standard InChI is InChI=1S/2C13H18O3/c2*1-10-6-7-11(12(9-10)14-2)16-13-5-3-4-8-15-13/h2*6-7,9,13H,3-5,8H2,1-2H3. The minimum Gasteiger partial charge on any atom is -0.493 e. The van der Waals surface area contributed by atoms with Crippen LogP contribution >= 0.6 is 0 Å². The van der Waals surface area contributed by atoms with E-state index in [1.807, 2.05) is 50.2 Å². The number of aryl methyl sites for hydroxylation is 2. The summed E-state index contributed by atoms with van der Waals surface area (Å²) in [7, 11) is 3.31. The van der Waals surface area contributed by atoms with Gasteiger partial charge in [-0.05, 0) is 74.9 Å². The first-order valence-corrected chi connectivity index (χ1v) is 11.4. The Bertz CT molecular complexity index is 756. The zero-order valence-corrected chi connectivity index (χ0v) is 19.7. The summed E-state index contributed by atoms with van der Waals surface area (Å²) >= 11 is 0. The van der Waals surface area contributed by atoms with Crippen molar-refractivity contribution in [3.8, 4) is 23.0 Å². The third kappa shape index (κ3) is 7.31. The van der Waals surface area contributed by atoms with Gasteiger partial charge >= 0.3 is 0 Å². The normalized spacial score (nSPS) is 20.5. The molecule has 2 aromatic carbocycles. The van der Waals surface area contributed by atoms with E-state index in [2.05, 4.69) is 0 Å². The van der Waals surface area contributed by atoms with Crippen molar-refractivity contribution in [3.05, 3.63) is 47.5 Å². The van der Waals surface area contributed by atoms with Crippen molar-refractivity contribution in [2.24, 2.45) is 0 Å². The molecule has 32 heavy (non-hydrogen) atoms. The largest absolute Gasteiger partial charge is 0.493 e. The van der Waals surface area contributed by atoms with E-state index in [4.69, 9.17) is 28.4 Å². The van der Waals surface area contributed by atoms with Gasteiger partial charge in [0.1, 0.15) is 0 Å². The van der Waals surface area contributed by atoms with Crippen LogP contribution in [0.25, 0.3) is 0 Å². The minimum atomic E-state index is -0.120. The van der Waals surface area contributed by atoms with Gasteiger partial charge in [0.25, 0.3) is 0 Å². The van der Waals surface area contributed by atoms with Crippen molar-refractivity contribution in [1.29, 1.82) is 0 Å². The molecule has 0 N–H and O–H groups in total. The zero-order chi connectivity index (χ0) is 22.8. The second-order valence-corrected chi connectivity index (χ2v) is 8.14. The predicted molar refractivity (Wildman–Crippen MR) is 124 cm³/mol. The number of hydrogen-bond acceptors (Lipinski definition) is 6.